The van der Waals surface area contributed by atoms with Gasteiger partial charge in [0.05, 0.1) is 23.6 Å². The van der Waals surface area contributed by atoms with Crippen LogP contribution in [0, 0.1) is 6.92 Å². The maximum Gasteiger partial charge on any atom is 0.335 e. The number of hydrogen-bond donors (Lipinski definition) is 1. The molecule has 0 spiro atoms. The Bertz CT molecular complexity index is 999. The Morgan fingerprint density at radius 3 is 2.75 bits per heavy atom. The number of carboxylic acids is 1. The van der Waals surface area contributed by atoms with E-state index in [-0.39, 0.29) is 0 Å². The minimum Gasteiger partial charge on any atom is -0.487 e. The molecule has 0 radical (unpaired) electrons. The first kappa shape index (κ1) is 18.0. The second-order valence-corrected chi connectivity index (χ2v) is 7.06. The van der Waals surface area contributed by atoms with Crippen LogP contribution in [0.2, 0.25) is 0 Å². The van der Waals surface area contributed by atoms with Crippen LogP contribution in [0.4, 0.5) is 11.4 Å². The molecule has 0 bridgehead atoms. The van der Waals surface area contributed by atoms with E-state index in [4.69, 9.17) is 4.74 Å². The van der Waals surface area contributed by atoms with Crippen LogP contribution < -0.4 is 9.64 Å². The second kappa shape index (κ2) is 7.72. The summed E-state index contributed by atoms with van der Waals surface area (Å²) in [6.07, 6.45) is 5.38. The minimum absolute atomic E-state index is 0.328. The second-order valence-electron chi connectivity index (χ2n) is 7.06. The number of anilines is 2. The van der Waals surface area contributed by atoms with Crippen LogP contribution in [0.25, 0.3) is 0 Å². The van der Waals surface area contributed by atoms with Crippen LogP contribution in [-0.2, 0) is 13.0 Å². The molecular formula is C23H22N2O3. The van der Waals surface area contributed by atoms with Crippen LogP contribution in [-0.4, -0.2) is 22.6 Å². The van der Waals surface area contributed by atoms with E-state index in [1.165, 1.54) is 5.56 Å². The number of hydrogen-bond acceptors (Lipinski definition) is 4. The van der Waals surface area contributed by atoms with Crippen molar-refractivity contribution in [3.63, 3.8) is 0 Å². The van der Waals surface area contributed by atoms with E-state index in [0.29, 0.717) is 17.9 Å². The quantitative estimate of drug-likeness (QED) is 0.698. The summed E-state index contributed by atoms with van der Waals surface area (Å²) in [4.78, 5) is 17.8. The Kier molecular flexibility index (Phi) is 4.98. The van der Waals surface area contributed by atoms with E-state index >= 15 is 0 Å². The molecule has 5 nitrogen and oxygen atoms in total. The summed E-state index contributed by atoms with van der Waals surface area (Å²) in [5.41, 5.74) is 5.70. The standard InChI is InChI=1S/C23H22N2O3/c1-16-4-6-17(7-5-16)15-28-21-12-20(13-24-14-21)25-10-2-3-18-11-19(23(26)27)8-9-22(18)25/h4-9,11-14H,2-3,10,15H2,1H3,(H,26,27). The van der Waals surface area contributed by atoms with Gasteiger partial charge in [-0.25, -0.2) is 4.79 Å². The molecule has 0 fully saturated rings. The van der Waals surface area contributed by atoms with Crippen LogP contribution in [0.5, 0.6) is 5.75 Å². The Morgan fingerprint density at radius 2 is 1.96 bits per heavy atom. The zero-order valence-corrected chi connectivity index (χ0v) is 15.8. The van der Waals surface area contributed by atoms with Crippen molar-refractivity contribution >= 4 is 17.3 Å². The molecule has 1 aromatic heterocycles. The Morgan fingerprint density at radius 1 is 1.14 bits per heavy atom. The number of rotatable bonds is 5. The molecule has 0 atom stereocenters. The third kappa shape index (κ3) is 3.83. The van der Waals surface area contributed by atoms with Gasteiger partial charge in [-0.2, -0.15) is 0 Å². The highest BCUT2D eigenvalue weighted by Crippen LogP contribution is 2.35. The van der Waals surface area contributed by atoms with Crippen molar-refractivity contribution in [2.75, 3.05) is 11.4 Å². The van der Waals surface area contributed by atoms with E-state index in [9.17, 15) is 9.90 Å². The molecule has 28 heavy (non-hydrogen) atoms. The van der Waals surface area contributed by atoms with Crippen molar-refractivity contribution in [3.05, 3.63) is 83.2 Å². The molecule has 0 saturated heterocycles. The van der Waals surface area contributed by atoms with Crippen molar-refractivity contribution in [3.8, 4) is 5.75 Å². The molecule has 142 valence electrons. The number of carboxylic acid groups (broad SMARTS) is 1. The van der Waals surface area contributed by atoms with E-state index in [0.717, 1.165) is 41.9 Å². The lowest BCUT2D eigenvalue weighted by molar-refractivity contribution is 0.0696. The van der Waals surface area contributed by atoms with Crippen LogP contribution in [0.15, 0.2) is 60.9 Å². The summed E-state index contributed by atoms with van der Waals surface area (Å²) >= 11 is 0. The average molecular weight is 374 g/mol. The monoisotopic (exact) mass is 374 g/mol. The first-order valence-corrected chi connectivity index (χ1v) is 9.37. The highest BCUT2D eigenvalue weighted by atomic mass is 16.5. The summed E-state index contributed by atoms with van der Waals surface area (Å²) in [7, 11) is 0. The van der Waals surface area contributed by atoms with Crippen LogP contribution in [0.1, 0.15) is 33.5 Å². The van der Waals surface area contributed by atoms with Gasteiger partial charge in [-0.3, -0.25) is 4.98 Å². The fraction of sp³-hybridized carbons (Fsp3) is 0.217. The zero-order chi connectivity index (χ0) is 19.5. The van der Waals surface area contributed by atoms with E-state index in [1.54, 1.807) is 18.3 Å². The molecule has 0 aliphatic carbocycles. The third-order valence-corrected chi connectivity index (χ3v) is 4.98. The smallest absolute Gasteiger partial charge is 0.335 e. The Hall–Kier alpha value is -3.34. The first-order chi connectivity index (χ1) is 13.6. The zero-order valence-electron chi connectivity index (χ0n) is 15.8. The fourth-order valence-corrected chi connectivity index (χ4v) is 3.48. The molecule has 1 N–H and O–H groups in total. The van der Waals surface area contributed by atoms with E-state index in [1.807, 2.05) is 18.3 Å². The Labute approximate surface area is 164 Å². The lowest BCUT2D eigenvalue weighted by Gasteiger charge is -2.31. The van der Waals surface area contributed by atoms with Crippen molar-refractivity contribution in [1.29, 1.82) is 0 Å². The summed E-state index contributed by atoms with van der Waals surface area (Å²) < 4.78 is 5.94. The number of pyridine rings is 1. The summed E-state index contributed by atoms with van der Waals surface area (Å²) in [6.45, 7) is 3.42. The number of aromatic nitrogens is 1. The third-order valence-electron chi connectivity index (χ3n) is 4.98. The first-order valence-electron chi connectivity index (χ1n) is 9.37. The topological polar surface area (TPSA) is 62.7 Å². The van der Waals surface area contributed by atoms with Gasteiger partial charge in [0.1, 0.15) is 12.4 Å². The predicted molar refractivity (Wildman–Crippen MR) is 108 cm³/mol. The van der Waals surface area contributed by atoms with Gasteiger partial charge in [0.2, 0.25) is 0 Å². The Balaban J connectivity index is 1.55. The SMILES string of the molecule is Cc1ccc(COc2cncc(N3CCCc4cc(C(=O)O)ccc43)c2)cc1. The predicted octanol–water partition coefficient (Wildman–Crippen LogP) is 4.75. The summed E-state index contributed by atoms with van der Waals surface area (Å²) in [5.74, 6) is -0.180. The lowest BCUT2D eigenvalue weighted by atomic mass is 9.99. The number of carbonyl (C=O) groups is 1. The number of aryl methyl sites for hydroxylation is 2. The van der Waals surface area contributed by atoms with Crippen molar-refractivity contribution in [2.24, 2.45) is 0 Å². The van der Waals surface area contributed by atoms with Crippen LogP contribution in [0.3, 0.4) is 0 Å². The van der Waals surface area contributed by atoms with Gasteiger partial charge in [-0.05, 0) is 49.1 Å². The molecule has 1 aliphatic heterocycles. The molecule has 0 amide bonds. The largest absolute Gasteiger partial charge is 0.487 e. The lowest BCUT2D eigenvalue weighted by Crippen LogP contribution is -2.25. The molecule has 2 heterocycles. The van der Waals surface area contributed by atoms with Gasteiger partial charge in [0.25, 0.3) is 0 Å². The highest BCUT2D eigenvalue weighted by Gasteiger charge is 2.20. The minimum atomic E-state index is -0.895. The number of fused-ring (bicyclic) bond motifs is 1. The normalized spacial score (nSPS) is 13.1. The fourth-order valence-electron chi connectivity index (χ4n) is 3.48. The van der Waals surface area contributed by atoms with Crippen molar-refractivity contribution < 1.29 is 14.6 Å². The van der Waals surface area contributed by atoms with Gasteiger partial charge in [-0.15, -0.1) is 0 Å². The average Bonchev–Trinajstić information content (AvgIpc) is 2.72. The molecule has 0 unspecified atom stereocenters. The molecule has 3 aromatic rings. The maximum atomic E-state index is 11.3. The molecular weight excluding hydrogens is 352 g/mol. The number of benzene rings is 2. The molecule has 1 aliphatic rings. The van der Waals surface area contributed by atoms with E-state index < -0.39 is 5.97 Å². The number of nitrogens with zero attached hydrogens (tertiary/aromatic N) is 2. The molecule has 5 heteroatoms. The maximum absolute atomic E-state index is 11.3. The van der Waals surface area contributed by atoms with Crippen molar-refractivity contribution in [2.45, 2.75) is 26.4 Å². The molecule has 0 saturated carbocycles. The molecule has 4 rings (SSSR count). The molecule has 2 aromatic carbocycles. The van der Waals surface area contributed by atoms with Gasteiger partial charge in [-0.1, -0.05) is 29.8 Å². The summed E-state index contributed by atoms with van der Waals surface area (Å²) in [6, 6.07) is 15.6. The van der Waals surface area contributed by atoms with Crippen molar-refractivity contribution in [1.82, 2.24) is 4.98 Å². The summed E-state index contributed by atoms with van der Waals surface area (Å²) in [5, 5.41) is 9.23. The van der Waals surface area contributed by atoms with Crippen LogP contribution >= 0.6 is 0 Å². The number of aromatic carboxylic acids is 1. The highest BCUT2D eigenvalue weighted by molar-refractivity contribution is 5.89. The number of ether oxygens (including phenoxy) is 1. The van der Waals surface area contributed by atoms with E-state index in [2.05, 4.69) is 41.1 Å². The van der Waals surface area contributed by atoms with Gasteiger partial charge >= 0.3 is 5.97 Å². The van der Waals surface area contributed by atoms with Gasteiger partial charge in [0, 0.05) is 18.3 Å². The van der Waals surface area contributed by atoms with Gasteiger partial charge < -0.3 is 14.7 Å². The van der Waals surface area contributed by atoms with Gasteiger partial charge in [0.15, 0.2) is 0 Å².